The molecule has 0 atom stereocenters. The molecule has 3 amide bonds. The molecule has 8 heteroatoms. The number of carbonyl (C=O) groups is 3. The summed E-state index contributed by atoms with van der Waals surface area (Å²) in [5.41, 5.74) is 1.84. The average Bonchev–Trinajstić information content (AvgIpc) is 2.67. The van der Waals surface area contributed by atoms with Crippen LogP contribution in [-0.2, 0) is 9.53 Å². The third kappa shape index (κ3) is 6.66. The zero-order valence-corrected chi connectivity index (χ0v) is 16.3. The second-order valence-corrected chi connectivity index (χ2v) is 6.40. The van der Waals surface area contributed by atoms with Crippen molar-refractivity contribution in [3.8, 4) is 11.8 Å². The van der Waals surface area contributed by atoms with Gasteiger partial charge in [-0.25, -0.2) is 9.59 Å². The van der Waals surface area contributed by atoms with E-state index in [9.17, 15) is 14.4 Å². The molecule has 0 fully saturated rings. The Labute approximate surface area is 168 Å². The lowest BCUT2D eigenvalue weighted by Crippen LogP contribution is -2.34. The fourth-order valence-electron chi connectivity index (χ4n) is 2.33. The van der Waals surface area contributed by atoms with Crippen LogP contribution in [0, 0.1) is 18.3 Å². The van der Waals surface area contributed by atoms with Crippen LogP contribution in [0.2, 0.25) is 0 Å². The summed E-state index contributed by atoms with van der Waals surface area (Å²) < 4.78 is 10.4. The normalized spacial score (nSPS) is 10.0. The van der Waals surface area contributed by atoms with E-state index >= 15 is 0 Å². The van der Waals surface area contributed by atoms with Crippen LogP contribution < -0.4 is 15.4 Å². The highest BCUT2D eigenvalue weighted by Gasteiger charge is 2.12. The van der Waals surface area contributed by atoms with E-state index in [0.717, 1.165) is 0 Å². The summed E-state index contributed by atoms with van der Waals surface area (Å²) in [7, 11) is 0. The number of hydrogen-bond acceptors (Lipinski definition) is 6. The Balaban J connectivity index is 1.92. The first-order valence-electron chi connectivity index (χ1n) is 8.84. The molecule has 0 saturated heterocycles. The molecule has 0 aromatic heterocycles. The van der Waals surface area contributed by atoms with Gasteiger partial charge in [0.05, 0.1) is 17.7 Å². The minimum Gasteiger partial charge on any atom is -0.482 e. The molecule has 29 heavy (non-hydrogen) atoms. The summed E-state index contributed by atoms with van der Waals surface area (Å²) in [4.78, 5) is 35.7. The SMILES string of the molecule is Cc1cc(OCC(=O)OC(C)C)ccc1NC(=O)NC(=O)c1ccc(C#N)cc1. The van der Waals surface area contributed by atoms with E-state index in [1.165, 1.54) is 24.3 Å². The first-order valence-corrected chi connectivity index (χ1v) is 8.84. The Morgan fingerprint density at radius 2 is 1.79 bits per heavy atom. The summed E-state index contributed by atoms with van der Waals surface area (Å²) in [5.74, 6) is -0.614. The van der Waals surface area contributed by atoms with Crippen molar-refractivity contribution in [3.05, 3.63) is 59.2 Å². The third-order valence-corrected chi connectivity index (χ3v) is 3.67. The third-order valence-electron chi connectivity index (χ3n) is 3.67. The zero-order valence-electron chi connectivity index (χ0n) is 16.3. The molecule has 0 unspecified atom stereocenters. The van der Waals surface area contributed by atoms with Crippen LogP contribution in [0.25, 0.3) is 0 Å². The van der Waals surface area contributed by atoms with Crippen molar-refractivity contribution in [3.63, 3.8) is 0 Å². The maximum atomic E-state index is 12.1. The molecule has 0 bridgehead atoms. The van der Waals surface area contributed by atoms with Crippen LogP contribution in [0.4, 0.5) is 10.5 Å². The number of hydrogen-bond donors (Lipinski definition) is 2. The second-order valence-electron chi connectivity index (χ2n) is 6.40. The van der Waals surface area contributed by atoms with Gasteiger partial charge >= 0.3 is 12.0 Å². The van der Waals surface area contributed by atoms with Crippen LogP contribution in [0.5, 0.6) is 5.75 Å². The first-order chi connectivity index (χ1) is 13.8. The van der Waals surface area contributed by atoms with Gasteiger partial charge in [0.1, 0.15) is 5.75 Å². The summed E-state index contributed by atoms with van der Waals surface area (Å²) in [6.45, 7) is 5.03. The van der Waals surface area contributed by atoms with Crippen molar-refractivity contribution < 1.29 is 23.9 Å². The fraction of sp³-hybridized carbons (Fsp3) is 0.238. The minimum atomic E-state index is -0.698. The fourth-order valence-corrected chi connectivity index (χ4v) is 2.33. The van der Waals surface area contributed by atoms with E-state index in [4.69, 9.17) is 14.7 Å². The van der Waals surface area contributed by atoms with Crippen LogP contribution in [0.1, 0.15) is 35.3 Å². The van der Waals surface area contributed by atoms with Crippen LogP contribution in [0.15, 0.2) is 42.5 Å². The lowest BCUT2D eigenvalue weighted by molar-refractivity contribution is -0.149. The lowest BCUT2D eigenvalue weighted by atomic mass is 10.1. The van der Waals surface area contributed by atoms with Gasteiger partial charge in [0.25, 0.3) is 5.91 Å². The zero-order chi connectivity index (χ0) is 21.4. The molecule has 0 aliphatic heterocycles. The molecule has 150 valence electrons. The van der Waals surface area contributed by atoms with E-state index in [2.05, 4.69) is 10.6 Å². The van der Waals surface area contributed by atoms with Crippen molar-refractivity contribution in [1.82, 2.24) is 5.32 Å². The molecule has 0 spiro atoms. The van der Waals surface area contributed by atoms with Gasteiger partial charge in [-0.15, -0.1) is 0 Å². The van der Waals surface area contributed by atoms with Gasteiger partial charge in [0.15, 0.2) is 6.61 Å². The number of esters is 1. The van der Waals surface area contributed by atoms with Crippen molar-refractivity contribution in [2.45, 2.75) is 26.9 Å². The van der Waals surface area contributed by atoms with E-state index < -0.39 is 17.9 Å². The van der Waals surface area contributed by atoms with E-state index in [1.807, 2.05) is 6.07 Å². The molecule has 0 aliphatic rings. The van der Waals surface area contributed by atoms with Crippen LogP contribution in [0.3, 0.4) is 0 Å². The van der Waals surface area contributed by atoms with E-state index in [1.54, 1.807) is 39.0 Å². The Morgan fingerprint density at radius 1 is 1.10 bits per heavy atom. The van der Waals surface area contributed by atoms with E-state index in [-0.39, 0.29) is 18.3 Å². The first kappa shape index (κ1) is 21.4. The molecule has 2 aromatic rings. The number of nitrogens with one attached hydrogen (secondary N) is 2. The van der Waals surface area contributed by atoms with Crippen molar-refractivity contribution in [1.29, 1.82) is 5.26 Å². The molecule has 0 aliphatic carbocycles. The minimum absolute atomic E-state index is 0.218. The van der Waals surface area contributed by atoms with Gasteiger partial charge in [0.2, 0.25) is 0 Å². The van der Waals surface area contributed by atoms with Crippen molar-refractivity contribution in [2.24, 2.45) is 0 Å². The van der Waals surface area contributed by atoms with Gasteiger partial charge in [-0.1, -0.05) is 0 Å². The predicted molar refractivity (Wildman–Crippen MR) is 106 cm³/mol. The van der Waals surface area contributed by atoms with Gasteiger partial charge < -0.3 is 14.8 Å². The van der Waals surface area contributed by atoms with Gasteiger partial charge in [-0.05, 0) is 68.8 Å². The second kappa shape index (κ2) is 9.90. The molecule has 8 nitrogen and oxygen atoms in total. The molecule has 2 rings (SSSR count). The number of nitrogens with zero attached hydrogens (tertiary/aromatic N) is 1. The monoisotopic (exact) mass is 395 g/mol. The standard InChI is InChI=1S/C21H21N3O5/c1-13(2)29-19(25)12-28-17-8-9-18(14(3)10-17)23-21(27)24-20(26)16-6-4-15(11-22)5-7-16/h4-10,13H,12H2,1-3H3,(H2,23,24,26,27). The molecule has 0 radical (unpaired) electrons. The topological polar surface area (TPSA) is 118 Å². The number of aryl methyl sites for hydroxylation is 1. The van der Waals surface area contributed by atoms with Gasteiger partial charge in [-0.3, -0.25) is 10.1 Å². The number of benzene rings is 2. The summed E-state index contributed by atoms with van der Waals surface area (Å²) in [6, 6.07) is 12.0. The summed E-state index contributed by atoms with van der Waals surface area (Å²) in [6.07, 6.45) is -0.218. The number of nitriles is 1. The molecule has 0 heterocycles. The van der Waals surface area contributed by atoms with Crippen LogP contribution in [-0.4, -0.2) is 30.6 Å². The summed E-state index contributed by atoms with van der Waals surface area (Å²) >= 11 is 0. The number of anilines is 1. The maximum absolute atomic E-state index is 12.1. The largest absolute Gasteiger partial charge is 0.482 e. The molecule has 2 N–H and O–H groups in total. The van der Waals surface area contributed by atoms with E-state index in [0.29, 0.717) is 22.6 Å². The summed E-state index contributed by atoms with van der Waals surface area (Å²) in [5, 5.41) is 13.6. The van der Waals surface area contributed by atoms with Crippen molar-refractivity contribution >= 4 is 23.6 Å². The van der Waals surface area contributed by atoms with Crippen LogP contribution >= 0.6 is 0 Å². The highest BCUT2D eigenvalue weighted by Crippen LogP contribution is 2.21. The predicted octanol–water partition coefficient (Wildman–Crippen LogP) is 3.16. The molecular weight excluding hydrogens is 374 g/mol. The lowest BCUT2D eigenvalue weighted by Gasteiger charge is -2.12. The van der Waals surface area contributed by atoms with Crippen molar-refractivity contribution in [2.75, 3.05) is 11.9 Å². The number of urea groups is 1. The Bertz CT molecular complexity index is 946. The smallest absolute Gasteiger partial charge is 0.344 e. The Kier molecular flexibility index (Phi) is 7.32. The molecule has 0 saturated carbocycles. The van der Waals surface area contributed by atoms with Gasteiger partial charge in [0, 0.05) is 11.3 Å². The number of imide groups is 1. The Morgan fingerprint density at radius 3 is 2.38 bits per heavy atom. The average molecular weight is 395 g/mol. The number of rotatable bonds is 6. The highest BCUT2D eigenvalue weighted by molar-refractivity contribution is 6.08. The van der Waals surface area contributed by atoms with Gasteiger partial charge in [-0.2, -0.15) is 5.26 Å². The quantitative estimate of drug-likeness (QED) is 0.726. The Hall–Kier alpha value is -3.86. The number of ether oxygens (including phenoxy) is 2. The molecule has 2 aromatic carbocycles. The molecular formula is C21H21N3O5. The maximum Gasteiger partial charge on any atom is 0.344 e. The highest BCUT2D eigenvalue weighted by atomic mass is 16.6. The number of carbonyl (C=O) groups excluding carboxylic acids is 3. The number of amides is 3.